The van der Waals surface area contributed by atoms with E-state index < -0.39 is 65.1 Å². The van der Waals surface area contributed by atoms with Gasteiger partial charge in [-0.2, -0.15) is 0 Å². The largest absolute Gasteiger partial charge is 0.463 e. The van der Waals surface area contributed by atoms with Gasteiger partial charge in [-0.05, 0) is 0 Å². The second-order valence-corrected chi connectivity index (χ2v) is 8.14. The number of hydrogen-bond acceptors (Lipinski definition) is 11. The number of hydrogen-bond donors (Lipinski definition) is 1. The summed E-state index contributed by atoms with van der Waals surface area (Å²) in [4.78, 5) is 73.0. The number of ether oxygens (including phenoxy) is 4. The number of carbonyl (C=O) groups is 6. The minimum absolute atomic E-state index is 0.296. The standard InChI is InChI=1S/C19H24BrN3O10/c1-8(24)30-7-12-14(31-9(2)25)15(32-10(3)26)13(16(20)33-12)21-6-11-17(27)22(4)19(29)23(5)18(11)28/h6,12-16,21H,7H2,1-5H3/t12?,13?,14-,15-,16+/m1/s1. The SMILES string of the molecule is CC(=O)OCC1O[C@H](Br)C(NC=C2C(=O)N(C)C(=O)N(C)C2=O)[C@@H](OC(C)=O)[C@@H]1OC(C)=O. The van der Waals surface area contributed by atoms with Crippen molar-refractivity contribution in [2.75, 3.05) is 20.7 Å². The summed E-state index contributed by atoms with van der Waals surface area (Å²) in [7, 11) is 2.44. The number of likely N-dealkylation sites (N-methyl/N-ethyl adjacent to an activating group) is 2. The molecule has 0 aromatic carbocycles. The molecule has 5 atom stereocenters. The fourth-order valence-electron chi connectivity index (χ4n) is 3.22. The van der Waals surface area contributed by atoms with Gasteiger partial charge in [-0.3, -0.25) is 33.8 Å². The lowest BCUT2D eigenvalue weighted by Crippen LogP contribution is -2.63. The van der Waals surface area contributed by atoms with Crippen LogP contribution in [0.15, 0.2) is 11.8 Å². The van der Waals surface area contributed by atoms with Crippen LogP contribution in [0.3, 0.4) is 0 Å². The van der Waals surface area contributed by atoms with Crippen molar-refractivity contribution in [1.29, 1.82) is 0 Å². The molecule has 1 N–H and O–H groups in total. The fraction of sp³-hybridized carbons (Fsp3) is 0.579. The summed E-state index contributed by atoms with van der Waals surface area (Å²) in [6, 6.07) is -1.75. The van der Waals surface area contributed by atoms with Crippen LogP contribution >= 0.6 is 15.9 Å². The smallest absolute Gasteiger partial charge is 0.333 e. The van der Waals surface area contributed by atoms with Crippen LogP contribution in [0.1, 0.15) is 20.8 Å². The molecule has 0 spiro atoms. The number of rotatable bonds is 6. The van der Waals surface area contributed by atoms with E-state index in [-0.39, 0.29) is 12.2 Å². The van der Waals surface area contributed by atoms with Gasteiger partial charge in [0.25, 0.3) is 11.8 Å². The fourth-order valence-corrected chi connectivity index (χ4v) is 3.95. The van der Waals surface area contributed by atoms with Gasteiger partial charge >= 0.3 is 23.9 Å². The first-order valence-electron chi connectivity index (χ1n) is 9.68. The molecule has 33 heavy (non-hydrogen) atoms. The van der Waals surface area contributed by atoms with E-state index in [9.17, 15) is 28.8 Å². The van der Waals surface area contributed by atoms with Crippen LogP contribution in [0.5, 0.6) is 0 Å². The Labute approximate surface area is 197 Å². The minimum Gasteiger partial charge on any atom is -0.463 e. The zero-order valence-corrected chi connectivity index (χ0v) is 20.1. The predicted octanol–water partition coefficient (Wildman–Crippen LogP) is -0.575. The third kappa shape index (κ3) is 6.07. The average Bonchev–Trinajstić information content (AvgIpc) is 2.72. The van der Waals surface area contributed by atoms with E-state index in [0.29, 0.717) is 0 Å². The molecule has 0 saturated carbocycles. The van der Waals surface area contributed by atoms with Crippen molar-refractivity contribution >= 4 is 51.7 Å². The highest BCUT2D eigenvalue weighted by atomic mass is 79.9. The lowest BCUT2D eigenvalue weighted by molar-refractivity contribution is -0.210. The van der Waals surface area contributed by atoms with Crippen molar-refractivity contribution in [2.24, 2.45) is 0 Å². The van der Waals surface area contributed by atoms with Crippen molar-refractivity contribution in [2.45, 2.75) is 50.1 Å². The molecule has 2 aliphatic heterocycles. The molecule has 2 saturated heterocycles. The number of urea groups is 1. The van der Waals surface area contributed by atoms with Gasteiger partial charge in [0.2, 0.25) is 0 Å². The average molecular weight is 534 g/mol. The quantitative estimate of drug-likeness (QED) is 0.153. The van der Waals surface area contributed by atoms with Crippen molar-refractivity contribution in [1.82, 2.24) is 15.1 Å². The van der Waals surface area contributed by atoms with Crippen LogP contribution < -0.4 is 5.32 Å². The molecular weight excluding hydrogens is 510 g/mol. The highest BCUT2D eigenvalue weighted by Crippen LogP contribution is 2.30. The normalized spacial score (nSPS) is 27.8. The van der Waals surface area contributed by atoms with Crippen LogP contribution in [0.2, 0.25) is 0 Å². The van der Waals surface area contributed by atoms with E-state index in [0.717, 1.165) is 29.8 Å². The van der Waals surface area contributed by atoms with Gasteiger partial charge in [0.05, 0.1) is 0 Å². The Morgan fingerprint density at radius 1 is 0.970 bits per heavy atom. The Balaban J connectivity index is 2.38. The molecule has 2 heterocycles. The van der Waals surface area contributed by atoms with E-state index in [1.807, 2.05) is 0 Å². The van der Waals surface area contributed by atoms with Gasteiger partial charge in [-0.25, -0.2) is 4.79 Å². The van der Waals surface area contributed by atoms with E-state index in [4.69, 9.17) is 18.9 Å². The highest BCUT2D eigenvalue weighted by Gasteiger charge is 2.49. The highest BCUT2D eigenvalue weighted by molar-refractivity contribution is 9.09. The van der Waals surface area contributed by atoms with Crippen molar-refractivity contribution in [3.8, 4) is 0 Å². The number of amides is 4. The maximum absolute atomic E-state index is 12.4. The van der Waals surface area contributed by atoms with Crippen molar-refractivity contribution in [3.05, 3.63) is 11.8 Å². The maximum Gasteiger partial charge on any atom is 0.333 e. The monoisotopic (exact) mass is 533 g/mol. The molecule has 0 aliphatic carbocycles. The number of alkyl halides is 1. The molecule has 2 fully saturated rings. The number of nitrogens with one attached hydrogen (secondary N) is 1. The molecule has 0 aromatic heterocycles. The molecule has 13 nitrogen and oxygen atoms in total. The van der Waals surface area contributed by atoms with Gasteiger partial charge in [-0.15, -0.1) is 0 Å². The van der Waals surface area contributed by atoms with E-state index in [1.165, 1.54) is 21.0 Å². The molecule has 4 amide bonds. The molecule has 2 unspecified atom stereocenters. The van der Waals surface area contributed by atoms with E-state index >= 15 is 0 Å². The summed E-state index contributed by atoms with van der Waals surface area (Å²) in [5.41, 5.74) is -0.355. The van der Waals surface area contributed by atoms with Gasteiger partial charge < -0.3 is 24.3 Å². The second-order valence-electron chi connectivity index (χ2n) is 7.24. The molecule has 182 valence electrons. The Kier molecular flexibility index (Phi) is 8.55. The molecular formula is C19H24BrN3O10. The summed E-state index contributed by atoms with van der Waals surface area (Å²) in [6.07, 6.45) is -2.29. The maximum atomic E-state index is 12.4. The summed E-state index contributed by atoms with van der Waals surface area (Å²) in [5, 5.41) is 1.88. The zero-order chi connectivity index (χ0) is 25.0. The Bertz CT molecular complexity index is 865. The third-order valence-corrected chi connectivity index (χ3v) is 5.54. The molecule has 14 heteroatoms. The van der Waals surface area contributed by atoms with Crippen LogP contribution in [0.25, 0.3) is 0 Å². The number of halogens is 1. The number of nitrogens with zero attached hydrogens (tertiary/aromatic N) is 2. The summed E-state index contributed by atoms with van der Waals surface area (Å²) >= 11 is 3.28. The topological polar surface area (TPSA) is 158 Å². The number of imide groups is 2. The van der Waals surface area contributed by atoms with Gasteiger partial charge in [0.15, 0.2) is 12.2 Å². The molecule has 2 rings (SSSR count). The third-order valence-electron chi connectivity index (χ3n) is 4.75. The molecule has 0 radical (unpaired) electrons. The van der Waals surface area contributed by atoms with Crippen LogP contribution in [0.4, 0.5) is 4.79 Å². The molecule has 0 bridgehead atoms. The first-order chi connectivity index (χ1) is 15.3. The first kappa shape index (κ1) is 26.3. The lowest BCUT2D eigenvalue weighted by atomic mass is 9.97. The second kappa shape index (κ2) is 10.7. The molecule has 2 aliphatic rings. The van der Waals surface area contributed by atoms with Gasteiger partial charge in [-0.1, -0.05) is 15.9 Å². The van der Waals surface area contributed by atoms with Gasteiger partial charge in [0.1, 0.15) is 29.3 Å². The van der Waals surface area contributed by atoms with E-state index in [1.54, 1.807) is 0 Å². The van der Waals surface area contributed by atoms with Crippen molar-refractivity contribution in [3.63, 3.8) is 0 Å². The van der Waals surface area contributed by atoms with Crippen LogP contribution in [-0.2, 0) is 42.9 Å². The number of esters is 3. The Morgan fingerprint density at radius 2 is 1.48 bits per heavy atom. The minimum atomic E-state index is -1.19. The number of carbonyl (C=O) groups excluding carboxylic acids is 6. The zero-order valence-electron chi connectivity index (χ0n) is 18.5. The van der Waals surface area contributed by atoms with E-state index in [2.05, 4.69) is 21.2 Å². The molecule has 0 aromatic rings. The Morgan fingerprint density at radius 3 is 1.97 bits per heavy atom. The first-order valence-corrected chi connectivity index (χ1v) is 10.6. The summed E-state index contributed by atoms with van der Waals surface area (Å²) < 4.78 is 21.4. The number of barbiturate groups is 1. The summed E-state index contributed by atoms with van der Waals surface area (Å²) in [6.45, 7) is 3.17. The Hall–Kier alpha value is -3.00. The summed E-state index contributed by atoms with van der Waals surface area (Å²) in [5.74, 6) is -3.70. The van der Waals surface area contributed by atoms with Crippen LogP contribution in [-0.4, -0.2) is 95.6 Å². The van der Waals surface area contributed by atoms with Crippen LogP contribution in [0, 0.1) is 0 Å². The van der Waals surface area contributed by atoms with Crippen molar-refractivity contribution < 1.29 is 47.7 Å². The predicted molar refractivity (Wildman–Crippen MR) is 111 cm³/mol. The lowest BCUT2D eigenvalue weighted by Gasteiger charge is -2.43. The van der Waals surface area contributed by atoms with Gasteiger partial charge in [0, 0.05) is 41.1 Å².